The maximum Gasteiger partial charge on any atom is 0.214 e. The summed E-state index contributed by atoms with van der Waals surface area (Å²) in [5.74, 6) is 0. The normalized spacial score (nSPS) is 6.60. The molecular weight excluding hydrogens is 289 g/mol. The summed E-state index contributed by atoms with van der Waals surface area (Å²) >= 11 is 0. The Morgan fingerprint density at radius 1 is 0.600 bits per heavy atom. The summed E-state index contributed by atoms with van der Waals surface area (Å²) in [5, 5.41) is 0. The Morgan fingerprint density at radius 3 is 0.850 bits per heavy atom. The molecule has 0 unspecified atom stereocenters. The van der Waals surface area contributed by atoms with Crippen LogP contribution in [-0.2, 0) is 17.1 Å². The molecule has 0 rings (SSSR count). The largest absolute Gasteiger partial charge is 0.358 e. The van der Waals surface area contributed by atoms with E-state index < -0.39 is 0 Å². The Bertz CT molecular complexity index is 203. The molecular formula is C16H30MnN3-. The summed E-state index contributed by atoms with van der Waals surface area (Å²) in [6, 6.07) is 0. The molecule has 117 valence electrons. The van der Waals surface area contributed by atoms with Crippen LogP contribution in [0.15, 0.2) is 0 Å². The van der Waals surface area contributed by atoms with E-state index in [-0.39, 0.29) is 24.5 Å². The number of hydrogen-bond donors (Lipinski definition) is 0. The standard InChI is InChI=1S/3C5H9N.CH3.Mn/c3*1-3-4-5-6-2;;/h3*3-5H2,1H3;1H3;/q;;;-1;. The van der Waals surface area contributed by atoms with Crippen molar-refractivity contribution in [2.45, 2.75) is 59.3 Å². The van der Waals surface area contributed by atoms with Gasteiger partial charge >= 0.3 is 0 Å². The quantitative estimate of drug-likeness (QED) is 0.345. The molecule has 3 nitrogen and oxygen atoms in total. The molecule has 4 heteroatoms. The Morgan fingerprint density at radius 2 is 0.800 bits per heavy atom. The van der Waals surface area contributed by atoms with E-state index in [2.05, 4.69) is 35.3 Å². The Hall–Kier alpha value is -1.01. The second kappa shape index (κ2) is 43.0. The molecule has 20 heavy (non-hydrogen) atoms. The minimum Gasteiger partial charge on any atom is -0.358 e. The van der Waals surface area contributed by atoms with Crippen LogP contribution in [0.5, 0.6) is 0 Å². The second-order valence-corrected chi connectivity index (χ2v) is 3.71. The van der Waals surface area contributed by atoms with Crippen LogP contribution in [0.2, 0.25) is 0 Å². The first kappa shape index (κ1) is 31.4. The third-order valence-corrected chi connectivity index (χ3v) is 1.87. The summed E-state index contributed by atoms with van der Waals surface area (Å²) < 4.78 is 0. The van der Waals surface area contributed by atoms with Gasteiger partial charge in [-0.25, -0.2) is 19.7 Å². The number of nitrogens with zero attached hydrogens (tertiary/aromatic N) is 3. The summed E-state index contributed by atoms with van der Waals surface area (Å²) in [4.78, 5) is 9.53. The molecule has 1 radical (unpaired) electrons. The number of hydrogen-bond acceptors (Lipinski definition) is 0. The van der Waals surface area contributed by atoms with Gasteiger partial charge in [-0.1, -0.05) is 20.8 Å². The molecule has 0 bridgehead atoms. The predicted molar refractivity (Wildman–Crippen MR) is 85.5 cm³/mol. The van der Waals surface area contributed by atoms with Gasteiger partial charge in [-0.05, 0) is 19.3 Å². The van der Waals surface area contributed by atoms with Crippen molar-refractivity contribution in [3.8, 4) is 0 Å². The zero-order chi connectivity index (χ0) is 14.5. The van der Waals surface area contributed by atoms with Crippen LogP contribution in [0.4, 0.5) is 0 Å². The minimum absolute atomic E-state index is 0. The van der Waals surface area contributed by atoms with Crippen molar-refractivity contribution in [2.75, 3.05) is 19.6 Å². The van der Waals surface area contributed by atoms with Crippen LogP contribution in [0.1, 0.15) is 59.3 Å². The summed E-state index contributed by atoms with van der Waals surface area (Å²) in [6.07, 6.45) is 6.60. The van der Waals surface area contributed by atoms with Gasteiger partial charge in [0.2, 0.25) is 19.6 Å². The Balaban J connectivity index is -0.0000000536. The first-order valence-electron chi connectivity index (χ1n) is 6.74. The van der Waals surface area contributed by atoms with Crippen molar-refractivity contribution in [1.29, 1.82) is 0 Å². The van der Waals surface area contributed by atoms with Crippen molar-refractivity contribution in [3.05, 3.63) is 41.7 Å². The smallest absolute Gasteiger partial charge is 0.214 e. The molecule has 0 fully saturated rings. The van der Waals surface area contributed by atoms with Crippen molar-refractivity contribution < 1.29 is 17.1 Å². The minimum atomic E-state index is 0. The van der Waals surface area contributed by atoms with Gasteiger partial charge in [-0.2, -0.15) is 0 Å². The van der Waals surface area contributed by atoms with Crippen LogP contribution >= 0.6 is 0 Å². The topological polar surface area (TPSA) is 13.1 Å². The number of unbranched alkanes of at least 4 members (excludes halogenated alkanes) is 3. The molecule has 0 spiro atoms. The van der Waals surface area contributed by atoms with Gasteiger partial charge < -0.3 is 22.0 Å². The van der Waals surface area contributed by atoms with Gasteiger partial charge in [0.05, 0.1) is 0 Å². The third-order valence-electron chi connectivity index (χ3n) is 1.87. The van der Waals surface area contributed by atoms with Gasteiger partial charge in [0.15, 0.2) is 0 Å². The van der Waals surface area contributed by atoms with E-state index >= 15 is 0 Å². The molecule has 0 saturated heterocycles. The zero-order valence-corrected chi connectivity index (χ0v) is 14.8. The maximum absolute atomic E-state index is 6.33. The van der Waals surface area contributed by atoms with Gasteiger partial charge in [-0.15, -0.1) is 0 Å². The summed E-state index contributed by atoms with van der Waals surface area (Å²) in [6.45, 7) is 27.4. The summed E-state index contributed by atoms with van der Waals surface area (Å²) in [5.41, 5.74) is 0. The Kier molecular flexibility index (Phi) is 67.5. The monoisotopic (exact) mass is 319 g/mol. The van der Waals surface area contributed by atoms with Crippen molar-refractivity contribution in [3.63, 3.8) is 0 Å². The van der Waals surface area contributed by atoms with Crippen LogP contribution in [-0.4, -0.2) is 19.6 Å². The fraction of sp³-hybridized carbons (Fsp3) is 0.750. The molecule has 0 N–H and O–H groups in total. The predicted octanol–water partition coefficient (Wildman–Crippen LogP) is 5.57. The van der Waals surface area contributed by atoms with Crippen molar-refractivity contribution in [2.24, 2.45) is 0 Å². The molecule has 0 atom stereocenters. The molecule has 0 saturated carbocycles. The molecule has 0 aliphatic carbocycles. The van der Waals surface area contributed by atoms with E-state index in [1.165, 1.54) is 0 Å². The van der Waals surface area contributed by atoms with E-state index in [0.717, 1.165) is 38.5 Å². The van der Waals surface area contributed by atoms with Crippen molar-refractivity contribution in [1.82, 2.24) is 0 Å². The molecule has 0 aliphatic rings. The molecule has 0 aromatic heterocycles. The van der Waals surface area contributed by atoms with E-state index in [0.29, 0.717) is 19.6 Å². The fourth-order valence-electron chi connectivity index (χ4n) is 0.712. The number of rotatable bonds is 6. The van der Waals surface area contributed by atoms with Crippen LogP contribution in [0.3, 0.4) is 0 Å². The first-order valence-corrected chi connectivity index (χ1v) is 6.74. The Labute approximate surface area is 138 Å². The van der Waals surface area contributed by atoms with Gasteiger partial charge in [0.1, 0.15) is 0 Å². The molecule has 0 aromatic rings. The average molecular weight is 319 g/mol. The first-order chi connectivity index (χ1) is 8.74. The molecule has 0 aliphatic heterocycles. The maximum atomic E-state index is 6.33. The molecule has 0 aromatic carbocycles. The fourth-order valence-corrected chi connectivity index (χ4v) is 0.712. The van der Waals surface area contributed by atoms with Crippen LogP contribution in [0, 0.1) is 27.1 Å². The average Bonchev–Trinajstić information content (AvgIpc) is 2.42. The molecule has 0 amide bonds. The second-order valence-electron chi connectivity index (χ2n) is 3.71. The van der Waals surface area contributed by atoms with E-state index in [1.54, 1.807) is 0 Å². The van der Waals surface area contributed by atoms with Crippen LogP contribution in [0.25, 0.3) is 14.5 Å². The molecule has 0 heterocycles. The van der Waals surface area contributed by atoms with E-state index in [1.807, 2.05) is 0 Å². The van der Waals surface area contributed by atoms with E-state index in [9.17, 15) is 0 Å². The van der Waals surface area contributed by atoms with Crippen molar-refractivity contribution >= 4 is 0 Å². The van der Waals surface area contributed by atoms with Gasteiger partial charge in [0, 0.05) is 36.3 Å². The zero-order valence-electron chi connectivity index (χ0n) is 13.6. The van der Waals surface area contributed by atoms with Gasteiger partial charge in [-0.3, -0.25) is 0 Å². The summed E-state index contributed by atoms with van der Waals surface area (Å²) in [7, 11) is 0. The van der Waals surface area contributed by atoms with E-state index in [4.69, 9.17) is 19.7 Å². The van der Waals surface area contributed by atoms with Crippen LogP contribution < -0.4 is 0 Å². The SMILES string of the molecule is [C-]#[N+]CCCC.[C-]#[N+]CCCC.[C-]#[N+]CCCC.[CH3-].[Mn]. The third kappa shape index (κ3) is 68.0. The van der Waals surface area contributed by atoms with Gasteiger partial charge in [0.25, 0.3) is 0 Å².